The number of urea groups is 1. The summed E-state index contributed by atoms with van der Waals surface area (Å²) < 4.78 is 18.5. The number of carbonyl (C=O) groups is 1. The molecule has 0 unspecified atom stereocenters. The lowest BCUT2D eigenvalue weighted by atomic mass is 9.96. The Morgan fingerprint density at radius 1 is 1.46 bits per heavy atom. The van der Waals surface area contributed by atoms with E-state index >= 15 is 0 Å². The van der Waals surface area contributed by atoms with Gasteiger partial charge in [0.1, 0.15) is 5.82 Å². The molecule has 132 valence electrons. The summed E-state index contributed by atoms with van der Waals surface area (Å²) in [6.07, 6.45) is 2.95. The molecule has 1 saturated carbocycles. The third kappa shape index (κ3) is 4.24. The minimum atomic E-state index is -0.217. The number of hydrogen-bond donors (Lipinski definition) is 2. The number of hydrogen-bond acceptors (Lipinski definition) is 3. The molecule has 2 aliphatic rings. The molecule has 1 saturated heterocycles. The Bertz CT molecular complexity index is 577. The van der Waals surface area contributed by atoms with Gasteiger partial charge in [-0.3, -0.25) is 4.90 Å². The number of nitrogens with zero attached hydrogens (tertiary/aromatic N) is 1. The second kappa shape index (κ2) is 7.49. The van der Waals surface area contributed by atoms with E-state index in [1.165, 1.54) is 6.07 Å². The van der Waals surface area contributed by atoms with Crippen LogP contribution in [0.5, 0.6) is 0 Å². The molecule has 2 amide bonds. The number of amides is 2. The van der Waals surface area contributed by atoms with Crippen molar-refractivity contribution >= 4 is 6.03 Å². The Hall–Kier alpha value is -1.66. The largest absolute Gasteiger partial charge is 0.383 e. The molecule has 0 aromatic heterocycles. The minimum Gasteiger partial charge on any atom is -0.383 e. The molecule has 3 rings (SSSR count). The highest BCUT2D eigenvalue weighted by Crippen LogP contribution is 2.47. The van der Waals surface area contributed by atoms with E-state index in [1.54, 1.807) is 19.2 Å². The van der Waals surface area contributed by atoms with Crippen LogP contribution in [0.2, 0.25) is 0 Å². The van der Waals surface area contributed by atoms with Crippen LogP contribution in [0.25, 0.3) is 0 Å². The van der Waals surface area contributed by atoms with E-state index in [1.807, 2.05) is 6.07 Å². The first-order valence-electron chi connectivity index (χ1n) is 8.63. The Morgan fingerprint density at radius 2 is 2.29 bits per heavy atom. The molecule has 1 aromatic carbocycles. The van der Waals surface area contributed by atoms with Crippen LogP contribution >= 0.6 is 0 Å². The molecular weight excluding hydrogens is 309 g/mol. The fourth-order valence-corrected chi connectivity index (χ4v) is 3.40. The van der Waals surface area contributed by atoms with Crippen molar-refractivity contribution < 1.29 is 13.9 Å². The fraction of sp³-hybridized carbons (Fsp3) is 0.611. The molecule has 0 bridgehead atoms. The molecule has 1 aliphatic heterocycles. The molecule has 1 aliphatic carbocycles. The van der Waals surface area contributed by atoms with Crippen molar-refractivity contribution in [2.45, 2.75) is 30.7 Å². The summed E-state index contributed by atoms with van der Waals surface area (Å²) in [6, 6.07) is 6.77. The lowest BCUT2D eigenvalue weighted by Crippen LogP contribution is -2.45. The van der Waals surface area contributed by atoms with Crippen LogP contribution in [0.3, 0.4) is 0 Å². The third-order valence-corrected chi connectivity index (χ3v) is 5.10. The first kappa shape index (κ1) is 17.2. The van der Waals surface area contributed by atoms with E-state index in [4.69, 9.17) is 4.74 Å². The summed E-state index contributed by atoms with van der Waals surface area (Å²) >= 11 is 0. The second-order valence-corrected chi connectivity index (χ2v) is 6.90. The van der Waals surface area contributed by atoms with Crippen molar-refractivity contribution in [3.63, 3.8) is 0 Å². The second-order valence-electron chi connectivity index (χ2n) is 6.90. The monoisotopic (exact) mass is 335 g/mol. The topological polar surface area (TPSA) is 53.6 Å². The first-order valence-corrected chi connectivity index (χ1v) is 8.63. The van der Waals surface area contributed by atoms with Gasteiger partial charge in [-0.15, -0.1) is 0 Å². The van der Waals surface area contributed by atoms with E-state index in [2.05, 4.69) is 15.5 Å². The Kier molecular flexibility index (Phi) is 5.36. The van der Waals surface area contributed by atoms with E-state index in [0.29, 0.717) is 6.54 Å². The summed E-state index contributed by atoms with van der Waals surface area (Å²) in [5.74, 6) is -0.217. The molecule has 2 fully saturated rings. The Balaban J connectivity index is 1.43. The lowest BCUT2D eigenvalue weighted by Gasteiger charge is -2.19. The van der Waals surface area contributed by atoms with Gasteiger partial charge in [0.05, 0.1) is 6.61 Å². The van der Waals surface area contributed by atoms with Gasteiger partial charge >= 0.3 is 6.03 Å². The normalized spacial score (nSPS) is 22.3. The summed E-state index contributed by atoms with van der Waals surface area (Å²) in [4.78, 5) is 14.4. The molecule has 5 nitrogen and oxygen atoms in total. The van der Waals surface area contributed by atoms with E-state index < -0.39 is 0 Å². The number of nitrogens with one attached hydrogen (secondary N) is 2. The smallest absolute Gasteiger partial charge is 0.315 e. The van der Waals surface area contributed by atoms with Gasteiger partial charge in [-0.2, -0.15) is 0 Å². The maximum absolute atomic E-state index is 13.4. The third-order valence-electron chi connectivity index (χ3n) is 5.10. The van der Waals surface area contributed by atoms with Gasteiger partial charge in [0.2, 0.25) is 0 Å². The fourth-order valence-electron chi connectivity index (χ4n) is 3.40. The van der Waals surface area contributed by atoms with Gasteiger partial charge in [-0.05, 0) is 37.0 Å². The van der Waals surface area contributed by atoms with Gasteiger partial charge in [0.25, 0.3) is 0 Å². The Labute approximate surface area is 142 Å². The molecule has 0 spiro atoms. The van der Waals surface area contributed by atoms with Crippen LogP contribution in [0.1, 0.15) is 24.8 Å². The zero-order valence-corrected chi connectivity index (χ0v) is 14.2. The predicted octanol–water partition coefficient (Wildman–Crippen LogP) is 1.88. The van der Waals surface area contributed by atoms with Crippen LogP contribution in [-0.4, -0.2) is 56.9 Å². The quantitative estimate of drug-likeness (QED) is 0.800. The van der Waals surface area contributed by atoms with Gasteiger partial charge in [-0.1, -0.05) is 12.1 Å². The summed E-state index contributed by atoms with van der Waals surface area (Å²) in [5.41, 5.74) is 0.897. The van der Waals surface area contributed by atoms with Gasteiger partial charge in [0.15, 0.2) is 0 Å². The first-order chi connectivity index (χ1) is 11.6. The number of carbonyl (C=O) groups excluding carboxylic acids is 1. The minimum absolute atomic E-state index is 0.0837. The number of halogens is 1. The van der Waals surface area contributed by atoms with Crippen LogP contribution in [0.4, 0.5) is 9.18 Å². The average Bonchev–Trinajstić information content (AvgIpc) is 3.25. The van der Waals surface area contributed by atoms with Crippen molar-refractivity contribution in [1.29, 1.82) is 0 Å². The molecular formula is C18H26FN3O2. The van der Waals surface area contributed by atoms with Crippen LogP contribution in [-0.2, 0) is 10.2 Å². The van der Waals surface area contributed by atoms with Crippen molar-refractivity contribution in [3.05, 3.63) is 35.6 Å². The zero-order chi connectivity index (χ0) is 17.0. The molecule has 1 atom stereocenters. The summed E-state index contributed by atoms with van der Waals surface area (Å²) in [6.45, 7) is 4.03. The van der Waals surface area contributed by atoms with E-state index in [-0.39, 0.29) is 23.3 Å². The van der Waals surface area contributed by atoms with Crippen LogP contribution < -0.4 is 10.6 Å². The van der Waals surface area contributed by atoms with E-state index in [9.17, 15) is 9.18 Å². The number of likely N-dealkylation sites (tertiary alicyclic amines) is 1. The predicted molar refractivity (Wildman–Crippen MR) is 90.6 cm³/mol. The lowest BCUT2D eigenvalue weighted by molar-refractivity contribution is 0.159. The molecule has 2 N–H and O–H groups in total. The highest BCUT2D eigenvalue weighted by atomic mass is 19.1. The highest BCUT2D eigenvalue weighted by Gasteiger charge is 2.44. The molecule has 0 radical (unpaired) electrons. The standard InChI is InChI=1S/C18H26FN3O2/c1-24-10-9-22-8-5-16(12-22)21-17(23)20-13-18(6-7-18)14-3-2-4-15(19)11-14/h2-4,11,16H,5-10,12-13H2,1H3,(H2,20,21,23)/t16-/m0/s1. The number of ether oxygens (including phenoxy) is 1. The molecule has 1 heterocycles. The van der Waals surface area contributed by atoms with Crippen molar-refractivity contribution in [2.24, 2.45) is 0 Å². The Morgan fingerprint density at radius 3 is 3.00 bits per heavy atom. The summed E-state index contributed by atoms with van der Waals surface area (Å²) in [5, 5.41) is 6.01. The van der Waals surface area contributed by atoms with Crippen molar-refractivity contribution in [1.82, 2.24) is 15.5 Å². The molecule has 1 aromatic rings. The van der Waals surface area contributed by atoms with E-state index in [0.717, 1.165) is 51.1 Å². The van der Waals surface area contributed by atoms with Crippen molar-refractivity contribution in [3.8, 4) is 0 Å². The van der Waals surface area contributed by atoms with Crippen LogP contribution in [0.15, 0.2) is 24.3 Å². The summed E-state index contributed by atoms with van der Waals surface area (Å²) in [7, 11) is 1.70. The average molecular weight is 335 g/mol. The van der Waals surface area contributed by atoms with Gasteiger partial charge < -0.3 is 15.4 Å². The SMILES string of the molecule is COCCN1CC[C@H](NC(=O)NCC2(c3cccc(F)c3)CC2)C1. The number of methoxy groups -OCH3 is 1. The molecule has 6 heteroatoms. The number of benzene rings is 1. The maximum Gasteiger partial charge on any atom is 0.315 e. The highest BCUT2D eigenvalue weighted by molar-refractivity contribution is 5.74. The van der Waals surface area contributed by atoms with Gasteiger partial charge in [0, 0.05) is 44.7 Å². The number of rotatable bonds is 7. The van der Waals surface area contributed by atoms with Crippen molar-refractivity contribution in [2.75, 3.05) is 39.9 Å². The van der Waals surface area contributed by atoms with Crippen LogP contribution in [0, 0.1) is 5.82 Å². The maximum atomic E-state index is 13.4. The zero-order valence-electron chi connectivity index (χ0n) is 14.2. The molecule has 24 heavy (non-hydrogen) atoms. The van der Waals surface area contributed by atoms with Gasteiger partial charge in [-0.25, -0.2) is 9.18 Å².